The van der Waals surface area contributed by atoms with Gasteiger partial charge in [0.1, 0.15) is 23.3 Å². The standard InChI is InChI=1S/C28H27N3O5/c1-15-8-10-18-19(13-15)30-27(29-18)31-23(21-7-6-12-36-21)22(25(33)26(31)34)24(32)16-9-11-20(35-5)17(14-16)28(2,3)4/h6-14,23,32H,1-5H3,(H,29,30)/b24-22+. The van der Waals surface area contributed by atoms with Crippen molar-refractivity contribution in [3.63, 3.8) is 0 Å². The molecule has 1 aliphatic rings. The highest BCUT2D eigenvalue weighted by atomic mass is 16.5. The van der Waals surface area contributed by atoms with E-state index in [2.05, 4.69) is 9.97 Å². The molecule has 2 N–H and O–H groups in total. The minimum absolute atomic E-state index is 0.0726. The molecule has 2 aromatic heterocycles. The number of imidazole rings is 1. The van der Waals surface area contributed by atoms with Crippen LogP contribution in [-0.4, -0.2) is 33.9 Å². The third kappa shape index (κ3) is 3.75. The van der Waals surface area contributed by atoms with Gasteiger partial charge in [-0.2, -0.15) is 0 Å². The Bertz CT molecular complexity index is 1520. The van der Waals surface area contributed by atoms with Gasteiger partial charge in [-0.15, -0.1) is 0 Å². The monoisotopic (exact) mass is 485 g/mol. The van der Waals surface area contributed by atoms with Gasteiger partial charge in [0.05, 0.1) is 30.0 Å². The first kappa shape index (κ1) is 23.4. The first-order valence-electron chi connectivity index (χ1n) is 11.6. The van der Waals surface area contributed by atoms with Gasteiger partial charge in [0.2, 0.25) is 5.95 Å². The number of ketones is 1. The number of ether oxygens (including phenoxy) is 1. The molecule has 1 aliphatic heterocycles. The molecule has 0 radical (unpaired) electrons. The quantitative estimate of drug-likeness (QED) is 0.228. The number of Topliss-reactive ketones (excluding diaryl/α,β-unsaturated/α-hetero) is 1. The van der Waals surface area contributed by atoms with Gasteiger partial charge < -0.3 is 19.2 Å². The van der Waals surface area contributed by atoms with Crippen molar-refractivity contribution in [2.45, 2.75) is 39.2 Å². The van der Waals surface area contributed by atoms with Crippen LogP contribution < -0.4 is 9.64 Å². The molecule has 184 valence electrons. The van der Waals surface area contributed by atoms with Crippen LogP contribution in [0.3, 0.4) is 0 Å². The zero-order valence-electron chi connectivity index (χ0n) is 20.7. The van der Waals surface area contributed by atoms with Gasteiger partial charge in [-0.1, -0.05) is 26.8 Å². The van der Waals surface area contributed by atoms with Crippen LogP contribution in [0.1, 0.15) is 49.3 Å². The van der Waals surface area contributed by atoms with E-state index >= 15 is 0 Å². The number of benzene rings is 2. The van der Waals surface area contributed by atoms with Gasteiger partial charge in [0.25, 0.3) is 5.78 Å². The number of carbonyl (C=O) groups excluding carboxylic acids is 2. The third-order valence-corrected chi connectivity index (χ3v) is 6.39. The molecule has 2 aromatic carbocycles. The number of anilines is 1. The van der Waals surface area contributed by atoms with Gasteiger partial charge in [-0.3, -0.25) is 14.5 Å². The van der Waals surface area contributed by atoms with Gasteiger partial charge in [0, 0.05) is 11.1 Å². The number of aryl methyl sites for hydroxylation is 1. The summed E-state index contributed by atoms with van der Waals surface area (Å²) in [6.07, 6.45) is 1.46. The van der Waals surface area contributed by atoms with Crippen LogP contribution in [0, 0.1) is 6.92 Å². The maximum absolute atomic E-state index is 13.4. The fourth-order valence-corrected chi connectivity index (χ4v) is 4.59. The molecule has 36 heavy (non-hydrogen) atoms. The number of nitrogens with one attached hydrogen (secondary N) is 1. The lowest BCUT2D eigenvalue weighted by molar-refractivity contribution is -0.132. The smallest absolute Gasteiger partial charge is 0.302 e. The SMILES string of the molecule is COc1ccc(/C(O)=C2\C(=O)C(=O)N(c3nc4ccc(C)cc4[nH]3)C2c2ccco2)cc1C(C)(C)C. The van der Waals surface area contributed by atoms with E-state index in [1.54, 1.807) is 37.4 Å². The Morgan fingerprint density at radius 1 is 1.14 bits per heavy atom. The number of carbonyl (C=O) groups is 2. The number of aliphatic hydroxyl groups is 1. The Labute approximate surface area is 208 Å². The zero-order valence-corrected chi connectivity index (χ0v) is 20.7. The van der Waals surface area contributed by atoms with E-state index in [-0.39, 0.29) is 22.7 Å². The van der Waals surface area contributed by atoms with Gasteiger partial charge in [-0.05, 0) is 60.4 Å². The largest absolute Gasteiger partial charge is 0.507 e. The minimum Gasteiger partial charge on any atom is -0.507 e. The van der Waals surface area contributed by atoms with Crippen LogP contribution in [0.5, 0.6) is 5.75 Å². The van der Waals surface area contributed by atoms with Gasteiger partial charge >= 0.3 is 5.91 Å². The zero-order chi connectivity index (χ0) is 25.8. The summed E-state index contributed by atoms with van der Waals surface area (Å²) in [5, 5.41) is 11.4. The molecule has 3 heterocycles. The highest BCUT2D eigenvalue weighted by Crippen LogP contribution is 2.43. The topological polar surface area (TPSA) is 109 Å². The predicted octanol–water partition coefficient (Wildman–Crippen LogP) is 5.40. The molecule has 1 atom stereocenters. The Morgan fingerprint density at radius 2 is 1.92 bits per heavy atom. The summed E-state index contributed by atoms with van der Waals surface area (Å²) in [6, 6.07) is 13.2. The van der Waals surface area contributed by atoms with E-state index in [9.17, 15) is 14.7 Å². The Morgan fingerprint density at radius 3 is 2.58 bits per heavy atom. The van der Waals surface area contributed by atoms with Crippen molar-refractivity contribution in [3.05, 3.63) is 82.8 Å². The molecule has 8 heteroatoms. The van der Waals surface area contributed by atoms with Gasteiger partial charge in [0.15, 0.2) is 0 Å². The van der Waals surface area contributed by atoms with Crippen LogP contribution in [-0.2, 0) is 15.0 Å². The second-order valence-corrected chi connectivity index (χ2v) is 9.93. The molecule has 5 rings (SSSR count). The molecule has 0 spiro atoms. The average molecular weight is 486 g/mol. The number of amides is 1. The van der Waals surface area contributed by atoms with E-state index in [4.69, 9.17) is 9.15 Å². The first-order valence-corrected chi connectivity index (χ1v) is 11.6. The number of aliphatic hydroxyl groups excluding tert-OH is 1. The number of hydrogen-bond acceptors (Lipinski definition) is 6. The Hall–Kier alpha value is -4.33. The van der Waals surface area contributed by atoms with Crippen molar-refractivity contribution < 1.29 is 23.8 Å². The van der Waals surface area contributed by atoms with Crippen molar-refractivity contribution >= 4 is 34.4 Å². The number of methoxy groups -OCH3 is 1. The van der Waals surface area contributed by atoms with Crippen LogP contribution in [0.25, 0.3) is 16.8 Å². The van der Waals surface area contributed by atoms with Crippen LogP contribution in [0.4, 0.5) is 5.95 Å². The summed E-state index contributed by atoms with van der Waals surface area (Å²) in [5.41, 5.74) is 3.30. The normalized spacial score (nSPS) is 17.8. The molecule has 4 aromatic rings. The maximum atomic E-state index is 13.4. The number of hydrogen-bond donors (Lipinski definition) is 2. The summed E-state index contributed by atoms with van der Waals surface area (Å²) in [6.45, 7) is 8.04. The number of H-pyrrole nitrogens is 1. The first-order chi connectivity index (χ1) is 17.1. The molecule has 1 unspecified atom stereocenters. The molecular weight excluding hydrogens is 458 g/mol. The van der Waals surface area contributed by atoms with E-state index in [0.29, 0.717) is 22.6 Å². The summed E-state index contributed by atoms with van der Waals surface area (Å²) in [7, 11) is 1.58. The highest BCUT2D eigenvalue weighted by molar-refractivity contribution is 6.51. The van der Waals surface area contributed by atoms with Crippen molar-refractivity contribution in [2.75, 3.05) is 12.0 Å². The molecular formula is C28H27N3O5. The summed E-state index contributed by atoms with van der Waals surface area (Å²) < 4.78 is 11.1. The molecule has 0 saturated carbocycles. The Kier molecular flexibility index (Phi) is 5.47. The lowest BCUT2D eigenvalue weighted by Crippen LogP contribution is -2.30. The van der Waals surface area contributed by atoms with Crippen LogP contribution in [0.2, 0.25) is 0 Å². The third-order valence-electron chi connectivity index (χ3n) is 6.39. The van der Waals surface area contributed by atoms with Crippen molar-refractivity contribution in [3.8, 4) is 5.75 Å². The molecule has 8 nitrogen and oxygen atoms in total. The minimum atomic E-state index is -0.998. The molecule has 1 amide bonds. The number of rotatable bonds is 4. The van der Waals surface area contributed by atoms with E-state index in [1.807, 2.05) is 45.9 Å². The fourth-order valence-electron chi connectivity index (χ4n) is 4.59. The molecule has 0 bridgehead atoms. The lowest BCUT2D eigenvalue weighted by atomic mass is 9.84. The average Bonchev–Trinajstić information content (AvgIpc) is 3.56. The van der Waals surface area contributed by atoms with E-state index < -0.39 is 17.7 Å². The van der Waals surface area contributed by atoms with Gasteiger partial charge in [-0.25, -0.2) is 4.98 Å². The van der Waals surface area contributed by atoms with E-state index in [0.717, 1.165) is 16.6 Å². The van der Waals surface area contributed by atoms with Crippen LogP contribution in [0.15, 0.2) is 64.8 Å². The van der Waals surface area contributed by atoms with Crippen molar-refractivity contribution in [1.82, 2.24) is 9.97 Å². The fraction of sp³-hybridized carbons (Fsp3) is 0.250. The lowest BCUT2D eigenvalue weighted by Gasteiger charge is -2.23. The number of nitrogens with zero attached hydrogens (tertiary/aromatic N) is 2. The van der Waals surface area contributed by atoms with Crippen molar-refractivity contribution in [2.24, 2.45) is 0 Å². The second-order valence-electron chi connectivity index (χ2n) is 9.93. The number of fused-ring (bicyclic) bond motifs is 1. The maximum Gasteiger partial charge on any atom is 0.302 e. The van der Waals surface area contributed by atoms with Crippen LogP contribution >= 0.6 is 0 Å². The van der Waals surface area contributed by atoms with E-state index in [1.165, 1.54) is 11.2 Å². The Balaban J connectivity index is 1.70. The predicted molar refractivity (Wildman–Crippen MR) is 136 cm³/mol. The number of aromatic amines is 1. The summed E-state index contributed by atoms with van der Waals surface area (Å²) >= 11 is 0. The molecule has 1 saturated heterocycles. The number of furan rings is 1. The highest BCUT2D eigenvalue weighted by Gasteiger charge is 2.49. The summed E-state index contributed by atoms with van der Waals surface area (Å²) in [4.78, 5) is 35.6. The number of aromatic nitrogens is 2. The van der Waals surface area contributed by atoms with Crippen molar-refractivity contribution in [1.29, 1.82) is 0 Å². The summed E-state index contributed by atoms with van der Waals surface area (Å²) in [5.74, 6) is -0.728. The second kappa shape index (κ2) is 8.41. The molecule has 1 fully saturated rings. The molecule has 0 aliphatic carbocycles.